The van der Waals surface area contributed by atoms with E-state index in [1.165, 1.54) is 12.1 Å². The summed E-state index contributed by atoms with van der Waals surface area (Å²) in [6, 6.07) is 5.81. The molecule has 1 saturated heterocycles. The fourth-order valence-corrected chi connectivity index (χ4v) is 3.16. The molecule has 1 aromatic carbocycles. The third-order valence-corrected chi connectivity index (χ3v) is 4.03. The van der Waals surface area contributed by atoms with Crippen LogP contribution in [0.1, 0.15) is 30.0 Å². The number of benzene rings is 1. The summed E-state index contributed by atoms with van der Waals surface area (Å²) in [5, 5.41) is 3.15. The van der Waals surface area contributed by atoms with Gasteiger partial charge in [-0.05, 0) is 63.6 Å². The highest BCUT2D eigenvalue weighted by atomic mass is 19.4. The summed E-state index contributed by atoms with van der Waals surface area (Å²) in [5.41, 5.74) is 0.208. The second-order valence-electron chi connectivity index (χ2n) is 5.51. The standard InChI is InChI=1S/C15H21F3N2/c1-19-10-12-6-4-8-20(2)14(12)11-5-3-7-13(9-11)15(16,17)18/h3,5,7,9,12,14,19H,4,6,8,10H2,1-2H3. The Bertz CT molecular complexity index is 443. The maximum atomic E-state index is 12.9. The van der Waals surface area contributed by atoms with Gasteiger partial charge >= 0.3 is 6.18 Å². The Labute approximate surface area is 118 Å². The topological polar surface area (TPSA) is 15.3 Å². The first-order valence-electron chi connectivity index (χ1n) is 6.95. The zero-order valence-corrected chi connectivity index (χ0v) is 11.9. The molecule has 0 aliphatic carbocycles. The average Bonchev–Trinajstić information content (AvgIpc) is 2.38. The van der Waals surface area contributed by atoms with Gasteiger partial charge in [-0.15, -0.1) is 0 Å². The quantitative estimate of drug-likeness (QED) is 0.917. The zero-order valence-electron chi connectivity index (χ0n) is 11.9. The molecule has 1 aliphatic heterocycles. The molecule has 20 heavy (non-hydrogen) atoms. The Morgan fingerprint density at radius 3 is 2.75 bits per heavy atom. The van der Waals surface area contributed by atoms with E-state index >= 15 is 0 Å². The third-order valence-electron chi connectivity index (χ3n) is 4.03. The van der Waals surface area contributed by atoms with Gasteiger partial charge in [0, 0.05) is 6.04 Å². The van der Waals surface area contributed by atoms with Crippen LogP contribution in [0.4, 0.5) is 13.2 Å². The molecule has 1 heterocycles. The van der Waals surface area contributed by atoms with Crippen LogP contribution in [0.5, 0.6) is 0 Å². The first kappa shape index (κ1) is 15.3. The number of hydrogen-bond donors (Lipinski definition) is 1. The lowest BCUT2D eigenvalue weighted by atomic mass is 9.84. The van der Waals surface area contributed by atoms with E-state index in [1.807, 2.05) is 20.2 Å². The predicted octanol–water partition coefficient (Wildman–Crippen LogP) is 3.31. The van der Waals surface area contributed by atoms with Crippen LogP contribution in [0.15, 0.2) is 24.3 Å². The monoisotopic (exact) mass is 286 g/mol. The van der Waals surface area contributed by atoms with Crippen molar-refractivity contribution in [2.45, 2.75) is 25.1 Å². The summed E-state index contributed by atoms with van der Waals surface area (Å²) in [7, 11) is 3.88. The molecule has 112 valence electrons. The third kappa shape index (κ3) is 3.33. The van der Waals surface area contributed by atoms with Gasteiger partial charge in [-0.2, -0.15) is 13.2 Å². The Morgan fingerprint density at radius 1 is 1.35 bits per heavy atom. The Balaban J connectivity index is 2.31. The van der Waals surface area contributed by atoms with Gasteiger partial charge in [0.1, 0.15) is 0 Å². The van der Waals surface area contributed by atoms with Crippen LogP contribution in [0.25, 0.3) is 0 Å². The fraction of sp³-hybridized carbons (Fsp3) is 0.600. The molecule has 1 fully saturated rings. The highest BCUT2D eigenvalue weighted by Gasteiger charge is 2.34. The van der Waals surface area contributed by atoms with Crippen molar-refractivity contribution in [1.82, 2.24) is 10.2 Å². The van der Waals surface area contributed by atoms with Crippen molar-refractivity contribution in [3.63, 3.8) is 0 Å². The minimum atomic E-state index is -4.28. The van der Waals surface area contributed by atoms with Gasteiger partial charge in [0.15, 0.2) is 0 Å². The molecule has 5 heteroatoms. The highest BCUT2D eigenvalue weighted by molar-refractivity contribution is 5.29. The maximum Gasteiger partial charge on any atom is 0.416 e. The number of nitrogens with one attached hydrogen (secondary N) is 1. The lowest BCUT2D eigenvalue weighted by Crippen LogP contribution is -2.40. The lowest BCUT2D eigenvalue weighted by molar-refractivity contribution is -0.137. The second-order valence-corrected chi connectivity index (χ2v) is 5.51. The van der Waals surface area contributed by atoms with Gasteiger partial charge in [-0.25, -0.2) is 0 Å². The molecule has 0 aromatic heterocycles. The van der Waals surface area contributed by atoms with E-state index in [2.05, 4.69) is 10.2 Å². The number of alkyl halides is 3. The van der Waals surface area contributed by atoms with Crippen molar-refractivity contribution in [2.75, 3.05) is 27.2 Å². The fourth-order valence-electron chi connectivity index (χ4n) is 3.16. The molecule has 1 aromatic rings. The molecular weight excluding hydrogens is 265 g/mol. The van der Waals surface area contributed by atoms with Gasteiger partial charge in [0.2, 0.25) is 0 Å². The largest absolute Gasteiger partial charge is 0.416 e. The Kier molecular flexibility index (Phi) is 4.70. The van der Waals surface area contributed by atoms with E-state index in [0.29, 0.717) is 5.92 Å². The van der Waals surface area contributed by atoms with Gasteiger partial charge in [-0.1, -0.05) is 12.1 Å². The minimum Gasteiger partial charge on any atom is -0.319 e. The predicted molar refractivity (Wildman–Crippen MR) is 73.5 cm³/mol. The summed E-state index contributed by atoms with van der Waals surface area (Å²) in [6.45, 7) is 1.76. The van der Waals surface area contributed by atoms with Gasteiger partial charge < -0.3 is 5.32 Å². The van der Waals surface area contributed by atoms with Crippen molar-refractivity contribution in [3.8, 4) is 0 Å². The van der Waals surface area contributed by atoms with Crippen LogP contribution >= 0.6 is 0 Å². The number of halogens is 3. The van der Waals surface area contributed by atoms with E-state index in [4.69, 9.17) is 0 Å². The minimum absolute atomic E-state index is 0.0542. The number of hydrogen-bond acceptors (Lipinski definition) is 2. The summed E-state index contributed by atoms with van der Waals surface area (Å²) < 4.78 is 38.6. The Morgan fingerprint density at radius 2 is 2.10 bits per heavy atom. The normalized spacial score (nSPS) is 24.9. The number of piperidine rings is 1. The van der Waals surface area contributed by atoms with Crippen molar-refractivity contribution in [1.29, 1.82) is 0 Å². The smallest absolute Gasteiger partial charge is 0.319 e. The average molecular weight is 286 g/mol. The zero-order chi connectivity index (χ0) is 14.8. The van der Waals surface area contributed by atoms with E-state index < -0.39 is 11.7 Å². The van der Waals surface area contributed by atoms with Crippen LogP contribution in [0.2, 0.25) is 0 Å². The van der Waals surface area contributed by atoms with Gasteiger partial charge in [-0.3, -0.25) is 4.90 Å². The van der Waals surface area contributed by atoms with Gasteiger partial charge in [0.05, 0.1) is 5.56 Å². The molecule has 0 amide bonds. The lowest BCUT2D eigenvalue weighted by Gasteiger charge is -2.39. The van der Waals surface area contributed by atoms with Crippen LogP contribution in [0.3, 0.4) is 0 Å². The molecular formula is C15H21F3N2. The first-order valence-corrected chi connectivity index (χ1v) is 6.95. The van der Waals surface area contributed by atoms with E-state index in [-0.39, 0.29) is 6.04 Å². The molecule has 0 spiro atoms. The molecule has 1 aliphatic rings. The second kappa shape index (κ2) is 6.14. The maximum absolute atomic E-state index is 12.9. The Hall–Kier alpha value is -1.07. The summed E-state index contributed by atoms with van der Waals surface area (Å²) >= 11 is 0. The molecule has 0 radical (unpaired) electrons. The van der Waals surface area contributed by atoms with Crippen molar-refractivity contribution in [3.05, 3.63) is 35.4 Å². The summed E-state index contributed by atoms with van der Waals surface area (Å²) in [5.74, 6) is 0.349. The number of likely N-dealkylation sites (tertiary alicyclic amines) is 1. The molecule has 2 rings (SSSR count). The van der Waals surface area contributed by atoms with Crippen molar-refractivity contribution >= 4 is 0 Å². The number of rotatable bonds is 3. The summed E-state index contributed by atoms with van der Waals surface area (Å²) in [6.07, 6.45) is -2.13. The SMILES string of the molecule is CNCC1CCCN(C)C1c1cccc(C(F)(F)F)c1. The molecule has 2 atom stereocenters. The molecule has 2 unspecified atom stereocenters. The van der Waals surface area contributed by atoms with E-state index in [9.17, 15) is 13.2 Å². The van der Waals surface area contributed by atoms with Crippen molar-refractivity contribution in [2.24, 2.45) is 5.92 Å². The van der Waals surface area contributed by atoms with Gasteiger partial charge in [0.25, 0.3) is 0 Å². The summed E-state index contributed by atoms with van der Waals surface area (Å²) in [4.78, 5) is 2.17. The molecule has 0 saturated carbocycles. The van der Waals surface area contributed by atoms with Crippen LogP contribution < -0.4 is 5.32 Å². The number of nitrogens with zero attached hydrogens (tertiary/aromatic N) is 1. The molecule has 0 bridgehead atoms. The van der Waals surface area contributed by atoms with E-state index in [0.717, 1.165) is 37.6 Å². The first-order chi connectivity index (χ1) is 9.43. The molecule has 2 nitrogen and oxygen atoms in total. The van der Waals surface area contributed by atoms with E-state index in [1.54, 1.807) is 0 Å². The highest BCUT2D eigenvalue weighted by Crippen LogP contribution is 2.37. The molecule has 1 N–H and O–H groups in total. The van der Waals surface area contributed by atoms with Crippen molar-refractivity contribution < 1.29 is 13.2 Å². The van der Waals surface area contributed by atoms with Crippen LogP contribution in [0, 0.1) is 5.92 Å². The van der Waals surface area contributed by atoms with Crippen LogP contribution in [-0.2, 0) is 6.18 Å². The van der Waals surface area contributed by atoms with Crippen LogP contribution in [-0.4, -0.2) is 32.1 Å².